The lowest BCUT2D eigenvalue weighted by atomic mass is 9.63. The van der Waals surface area contributed by atoms with Crippen molar-refractivity contribution in [3.8, 4) is 11.5 Å². The Hall–Kier alpha value is -2.80. The van der Waals surface area contributed by atoms with Crippen LogP contribution in [0.25, 0.3) is 0 Å². The molecule has 0 bridgehead atoms. The summed E-state index contributed by atoms with van der Waals surface area (Å²) in [5, 5.41) is 0. The van der Waals surface area contributed by atoms with Gasteiger partial charge in [-0.2, -0.15) is 0 Å². The largest absolute Gasteiger partial charge is 0.530 e. The van der Waals surface area contributed by atoms with Gasteiger partial charge in [0, 0.05) is 6.42 Å². The van der Waals surface area contributed by atoms with E-state index in [-0.39, 0.29) is 12.8 Å². The molecule has 136 valence electrons. The average molecular weight is 354 g/mol. The first-order valence-electron chi connectivity index (χ1n) is 8.44. The Kier molecular flexibility index (Phi) is 6.80. The van der Waals surface area contributed by atoms with Gasteiger partial charge in [0.25, 0.3) is 0 Å². The summed E-state index contributed by atoms with van der Waals surface area (Å²) < 4.78 is 11.1. The first kappa shape index (κ1) is 19.5. The Morgan fingerprint density at radius 3 is 2.12 bits per heavy atom. The number of hydrogen-bond acceptors (Lipinski definition) is 5. The van der Waals surface area contributed by atoms with Crippen LogP contribution in [0, 0.1) is 6.92 Å². The Morgan fingerprint density at radius 1 is 1.04 bits per heavy atom. The summed E-state index contributed by atoms with van der Waals surface area (Å²) in [5.74, 6) is 0.390. The molecule has 4 N–H and O–H groups in total. The molecule has 6 nitrogen and oxygen atoms in total. The number of ether oxygens (including phenoxy) is 1. The molecule has 7 heteroatoms. The second-order valence-electron chi connectivity index (χ2n) is 6.17. The van der Waals surface area contributed by atoms with Gasteiger partial charge in [0.05, 0.1) is 0 Å². The van der Waals surface area contributed by atoms with Crippen LogP contribution >= 0.6 is 0 Å². The molecule has 0 fully saturated rings. The van der Waals surface area contributed by atoms with E-state index in [2.05, 4.69) is 0 Å². The standard InChI is InChI=1S/C19H23BN2O4/c1-13-3-7-15(8-4-13)25-16-9-5-14(6-10-16)20(2)26-19(24)17(21)11-12-18(22)23/h3-10,17H,11-12,21H2,1-2H3,(H2,22,23). The third-order valence-corrected chi connectivity index (χ3v) is 3.90. The van der Waals surface area contributed by atoms with Gasteiger partial charge in [-0.3, -0.25) is 9.59 Å². The highest BCUT2D eigenvalue weighted by atomic mass is 16.5. The molecule has 0 aliphatic carbocycles. The number of rotatable bonds is 8. The molecule has 2 aromatic rings. The number of carbonyl (C=O) groups excluding carboxylic acids is 2. The third kappa shape index (κ3) is 5.93. The normalized spacial score (nSPS) is 11.5. The van der Waals surface area contributed by atoms with Crippen molar-refractivity contribution in [2.45, 2.75) is 32.6 Å². The van der Waals surface area contributed by atoms with E-state index < -0.39 is 24.8 Å². The molecule has 0 saturated carbocycles. The zero-order valence-electron chi connectivity index (χ0n) is 15.0. The summed E-state index contributed by atoms with van der Waals surface area (Å²) in [6, 6.07) is 14.2. The Bertz CT molecular complexity index is 747. The minimum absolute atomic E-state index is 0.0513. The van der Waals surface area contributed by atoms with Crippen LogP contribution in [-0.2, 0) is 14.2 Å². The van der Waals surface area contributed by atoms with E-state index in [0.717, 1.165) is 16.8 Å². The second-order valence-corrected chi connectivity index (χ2v) is 6.17. The summed E-state index contributed by atoms with van der Waals surface area (Å²) in [5.41, 5.74) is 12.7. The molecule has 0 aromatic heterocycles. The molecular weight excluding hydrogens is 331 g/mol. The quantitative estimate of drug-likeness (QED) is 0.703. The maximum atomic E-state index is 12.0. The van der Waals surface area contributed by atoms with Gasteiger partial charge in [-0.15, -0.1) is 0 Å². The fourth-order valence-electron chi connectivity index (χ4n) is 2.29. The second kappa shape index (κ2) is 9.06. The zero-order valence-corrected chi connectivity index (χ0v) is 15.0. The SMILES string of the molecule is CB(OC(=O)C(N)CCC(N)=O)c1ccc(Oc2ccc(C)cc2)cc1. The van der Waals surface area contributed by atoms with Gasteiger partial charge in [0.1, 0.15) is 17.5 Å². The number of carbonyl (C=O) groups is 2. The van der Waals surface area contributed by atoms with Crippen molar-refractivity contribution in [3.63, 3.8) is 0 Å². The number of aryl methyl sites for hydroxylation is 1. The highest BCUT2D eigenvalue weighted by Crippen LogP contribution is 2.20. The maximum absolute atomic E-state index is 12.0. The van der Waals surface area contributed by atoms with Gasteiger partial charge >= 0.3 is 12.9 Å². The number of benzene rings is 2. The van der Waals surface area contributed by atoms with Crippen molar-refractivity contribution in [3.05, 3.63) is 54.1 Å². The van der Waals surface area contributed by atoms with Crippen LogP contribution in [0.3, 0.4) is 0 Å². The predicted octanol–water partition coefficient (Wildman–Crippen LogP) is 1.75. The van der Waals surface area contributed by atoms with E-state index in [9.17, 15) is 9.59 Å². The van der Waals surface area contributed by atoms with Crippen LogP contribution < -0.4 is 21.7 Å². The molecule has 1 amide bonds. The minimum atomic E-state index is -0.867. The van der Waals surface area contributed by atoms with Crippen molar-refractivity contribution in [1.29, 1.82) is 0 Å². The number of nitrogens with two attached hydrogens (primary N) is 2. The van der Waals surface area contributed by atoms with Crippen LogP contribution in [0.15, 0.2) is 48.5 Å². The van der Waals surface area contributed by atoms with Crippen molar-refractivity contribution in [2.24, 2.45) is 11.5 Å². The summed E-state index contributed by atoms with van der Waals surface area (Å²) in [4.78, 5) is 22.7. The van der Waals surface area contributed by atoms with Crippen LogP contribution in [0.2, 0.25) is 6.82 Å². The molecular formula is C19H23BN2O4. The molecule has 0 radical (unpaired) electrons. The van der Waals surface area contributed by atoms with E-state index in [1.165, 1.54) is 0 Å². The first-order valence-corrected chi connectivity index (χ1v) is 8.44. The molecule has 2 aromatic carbocycles. The fraction of sp³-hybridized carbons (Fsp3) is 0.263. The van der Waals surface area contributed by atoms with Gasteiger partial charge in [0.2, 0.25) is 5.91 Å². The number of primary amides is 1. The monoisotopic (exact) mass is 354 g/mol. The topological polar surface area (TPSA) is 105 Å². The molecule has 1 atom stereocenters. The molecule has 0 heterocycles. The van der Waals surface area contributed by atoms with Crippen molar-refractivity contribution in [1.82, 2.24) is 0 Å². The van der Waals surface area contributed by atoms with E-state index in [0.29, 0.717) is 5.75 Å². The van der Waals surface area contributed by atoms with E-state index in [1.807, 2.05) is 55.5 Å². The lowest BCUT2D eigenvalue weighted by Gasteiger charge is -2.15. The minimum Gasteiger partial charge on any atom is -0.530 e. The third-order valence-electron chi connectivity index (χ3n) is 3.90. The van der Waals surface area contributed by atoms with Crippen LogP contribution in [0.1, 0.15) is 18.4 Å². The summed E-state index contributed by atoms with van der Waals surface area (Å²) in [6.07, 6.45) is 0.222. The highest BCUT2D eigenvalue weighted by Gasteiger charge is 2.22. The molecule has 0 saturated heterocycles. The molecule has 1 unspecified atom stereocenters. The highest BCUT2D eigenvalue weighted by molar-refractivity contribution is 6.67. The van der Waals surface area contributed by atoms with Gasteiger partial charge in [-0.25, -0.2) is 0 Å². The Labute approximate surface area is 153 Å². The fourth-order valence-corrected chi connectivity index (χ4v) is 2.29. The van der Waals surface area contributed by atoms with Crippen molar-refractivity contribution < 1.29 is 19.0 Å². The van der Waals surface area contributed by atoms with Crippen LogP contribution in [0.4, 0.5) is 0 Å². The Morgan fingerprint density at radius 2 is 1.58 bits per heavy atom. The van der Waals surface area contributed by atoms with Gasteiger partial charge < -0.3 is 20.9 Å². The van der Waals surface area contributed by atoms with Crippen molar-refractivity contribution in [2.75, 3.05) is 0 Å². The van der Waals surface area contributed by atoms with Gasteiger partial charge in [-0.05, 0) is 49.9 Å². The zero-order chi connectivity index (χ0) is 19.1. The summed E-state index contributed by atoms with van der Waals surface area (Å²) >= 11 is 0. The predicted molar refractivity (Wildman–Crippen MR) is 101 cm³/mol. The molecule has 0 aliphatic heterocycles. The number of hydrogen-bond donors (Lipinski definition) is 2. The first-order chi connectivity index (χ1) is 12.3. The van der Waals surface area contributed by atoms with E-state index >= 15 is 0 Å². The smallest absolute Gasteiger partial charge is 0.392 e. The van der Waals surface area contributed by atoms with E-state index in [4.69, 9.17) is 20.9 Å². The molecule has 0 aliphatic rings. The van der Waals surface area contributed by atoms with E-state index in [1.54, 1.807) is 6.82 Å². The number of amides is 1. The van der Waals surface area contributed by atoms with Gasteiger partial charge in [-0.1, -0.05) is 29.8 Å². The Balaban J connectivity index is 1.91. The lowest BCUT2D eigenvalue weighted by molar-refractivity contribution is -0.136. The van der Waals surface area contributed by atoms with Gasteiger partial charge in [0.15, 0.2) is 0 Å². The van der Waals surface area contributed by atoms with Crippen molar-refractivity contribution >= 4 is 24.3 Å². The summed E-state index contributed by atoms with van der Waals surface area (Å²) in [6.45, 7) is 3.31. The summed E-state index contributed by atoms with van der Waals surface area (Å²) in [7, 11) is 0. The molecule has 2 rings (SSSR count). The molecule has 0 spiro atoms. The average Bonchev–Trinajstić information content (AvgIpc) is 2.62. The maximum Gasteiger partial charge on any atom is 0.392 e. The molecule has 26 heavy (non-hydrogen) atoms. The van der Waals surface area contributed by atoms with Crippen LogP contribution in [0.5, 0.6) is 11.5 Å². The lowest BCUT2D eigenvalue weighted by Crippen LogP contribution is -2.40. The van der Waals surface area contributed by atoms with Crippen LogP contribution in [-0.4, -0.2) is 24.8 Å².